The van der Waals surface area contributed by atoms with E-state index in [1.54, 1.807) is 0 Å². The molecule has 0 bridgehead atoms. The largest absolute Gasteiger partial charge is 0.481 e. The standard InChI is InChI=1S/C30H48O4/c1-25(2)14-16-30(24(33)34)17-15-28(6)18(22(30)23(25)32)8-9-20-27(5)12-11-21(31)26(3,4)19(27)10-13-29(20,28)7/h8,19-23,31-32H,9-17H2,1-7H3,(H,33,34)/t19-,20-,21+,22-,23-,27+,28-,29-,30+/m1/s1. The zero-order valence-electron chi connectivity index (χ0n) is 22.6. The summed E-state index contributed by atoms with van der Waals surface area (Å²) >= 11 is 0. The van der Waals surface area contributed by atoms with Gasteiger partial charge >= 0.3 is 5.97 Å². The fourth-order valence-corrected chi connectivity index (χ4v) is 10.6. The topological polar surface area (TPSA) is 77.8 Å². The Kier molecular flexibility index (Phi) is 5.20. The zero-order valence-corrected chi connectivity index (χ0v) is 22.6. The molecule has 0 unspecified atom stereocenters. The summed E-state index contributed by atoms with van der Waals surface area (Å²) in [5.74, 6) is 0.0213. The molecule has 192 valence electrons. The first-order chi connectivity index (χ1) is 15.6. The number of aliphatic hydroxyl groups is 2. The van der Waals surface area contributed by atoms with Crippen molar-refractivity contribution >= 4 is 5.97 Å². The summed E-state index contributed by atoms with van der Waals surface area (Å²) in [6, 6.07) is 0. The van der Waals surface area contributed by atoms with E-state index in [2.05, 4.69) is 54.5 Å². The number of hydrogen-bond donors (Lipinski definition) is 3. The first kappa shape index (κ1) is 24.8. The van der Waals surface area contributed by atoms with Gasteiger partial charge in [-0.25, -0.2) is 0 Å². The van der Waals surface area contributed by atoms with Crippen LogP contribution in [0.2, 0.25) is 0 Å². The molecule has 0 aromatic carbocycles. The number of aliphatic carboxylic acids is 1. The quantitative estimate of drug-likeness (QED) is 0.397. The molecular weight excluding hydrogens is 424 g/mol. The van der Waals surface area contributed by atoms with E-state index in [1.807, 2.05) is 0 Å². The number of hydrogen-bond acceptors (Lipinski definition) is 3. The van der Waals surface area contributed by atoms with Gasteiger partial charge in [-0.3, -0.25) is 4.79 Å². The van der Waals surface area contributed by atoms with Crippen molar-refractivity contribution in [1.29, 1.82) is 0 Å². The highest BCUT2D eigenvalue weighted by molar-refractivity contribution is 5.77. The van der Waals surface area contributed by atoms with Gasteiger partial charge in [0, 0.05) is 5.92 Å². The maximum Gasteiger partial charge on any atom is 0.310 e. The second-order valence-corrected chi connectivity index (χ2v) is 15.0. The lowest BCUT2D eigenvalue weighted by Gasteiger charge is -2.71. The number of carbonyl (C=O) groups is 1. The monoisotopic (exact) mass is 472 g/mol. The number of allylic oxidation sites excluding steroid dienone is 1. The van der Waals surface area contributed by atoms with E-state index < -0.39 is 17.5 Å². The van der Waals surface area contributed by atoms with Crippen molar-refractivity contribution in [1.82, 2.24) is 0 Å². The lowest BCUT2D eigenvalue weighted by Crippen LogP contribution is -2.66. The minimum atomic E-state index is -0.832. The molecule has 4 nitrogen and oxygen atoms in total. The molecule has 0 spiro atoms. The predicted molar refractivity (Wildman–Crippen MR) is 134 cm³/mol. The van der Waals surface area contributed by atoms with Crippen LogP contribution in [0.25, 0.3) is 0 Å². The van der Waals surface area contributed by atoms with Gasteiger partial charge in [0.25, 0.3) is 0 Å². The summed E-state index contributed by atoms with van der Waals surface area (Å²) in [5, 5.41) is 33.1. The van der Waals surface area contributed by atoms with Crippen molar-refractivity contribution in [3.05, 3.63) is 11.6 Å². The smallest absolute Gasteiger partial charge is 0.310 e. The summed E-state index contributed by atoms with van der Waals surface area (Å²) in [6.45, 7) is 16.2. The Hall–Kier alpha value is -0.870. The first-order valence-corrected chi connectivity index (χ1v) is 13.9. The molecule has 4 fully saturated rings. The molecule has 0 aromatic rings. The average Bonchev–Trinajstić information content (AvgIpc) is 2.74. The van der Waals surface area contributed by atoms with Gasteiger partial charge < -0.3 is 15.3 Å². The average molecular weight is 473 g/mol. The van der Waals surface area contributed by atoms with Crippen molar-refractivity contribution in [2.24, 2.45) is 50.2 Å². The molecule has 0 aromatic heterocycles. The highest BCUT2D eigenvalue weighted by Gasteiger charge is 2.70. The van der Waals surface area contributed by atoms with Crippen LogP contribution in [0.5, 0.6) is 0 Å². The molecule has 5 rings (SSSR count). The van der Waals surface area contributed by atoms with E-state index in [1.165, 1.54) is 5.57 Å². The van der Waals surface area contributed by atoms with Gasteiger partial charge in [-0.05, 0) is 96.7 Å². The summed E-state index contributed by atoms with van der Waals surface area (Å²) in [7, 11) is 0. The van der Waals surface area contributed by atoms with Crippen LogP contribution >= 0.6 is 0 Å². The van der Waals surface area contributed by atoms with Gasteiger partial charge in [0.05, 0.1) is 17.6 Å². The maximum absolute atomic E-state index is 12.8. The third kappa shape index (κ3) is 2.76. The van der Waals surface area contributed by atoms with Crippen molar-refractivity contribution in [3.8, 4) is 0 Å². The van der Waals surface area contributed by atoms with Crippen molar-refractivity contribution in [2.45, 2.75) is 118 Å². The van der Waals surface area contributed by atoms with Crippen molar-refractivity contribution < 1.29 is 20.1 Å². The number of aliphatic hydroxyl groups excluding tert-OH is 2. The Bertz CT molecular complexity index is 919. The van der Waals surface area contributed by atoms with Crippen LogP contribution in [0.1, 0.15) is 106 Å². The van der Waals surface area contributed by atoms with E-state index in [0.717, 1.165) is 44.9 Å². The molecule has 3 N–H and O–H groups in total. The van der Waals surface area contributed by atoms with Crippen LogP contribution < -0.4 is 0 Å². The van der Waals surface area contributed by atoms with Gasteiger partial charge in [-0.2, -0.15) is 0 Å². The third-order valence-electron chi connectivity index (χ3n) is 13.3. The van der Waals surface area contributed by atoms with Crippen LogP contribution in [0.4, 0.5) is 0 Å². The minimum absolute atomic E-state index is 0.0756. The van der Waals surface area contributed by atoms with Crippen molar-refractivity contribution in [3.63, 3.8) is 0 Å². The minimum Gasteiger partial charge on any atom is -0.481 e. The van der Waals surface area contributed by atoms with E-state index in [4.69, 9.17) is 0 Å². The van der Waals surface area contributed by atoms with E-state index in [0.29, 0.717) is 24.7 Å². The molecular formula is C30H48O4. The normalized spacial score (nSPS) is 53.4. The van der Waals surface area contributed by atoms with E-state index >= 15 is 0 Å². The van der Waals surface area contributed by atoms with Crippen LogP contribution in [-0.2, 0) is 4.79 Å². The van der Waals surface area contributed by atoms with Gasteiger partial charge in [0.2, 0.25) is 0 Å². The maximum atomic E-state index is 12.8. The van der Waals surface area contributed by atoms with E-state index in [9.17, 15) is 20.1 Å². The summed E-state index contributed by atoms with van der Waals surface area (Å²) in [6.07, 6.45) is 9.70. The fourth-order valence-electron chi connectivity index (χ4n) is 10.6. The Balaban J connectivity index is 1.62. The molecule has 5 aliphatic rings. The Morgan fingerprint density at radius 3 is 2.15 bits per heavy atom. The van der Waals surface area contributed by atoms with Gasteiger partial charge in [-0.1, -0.05) is 60.1 Å². The Morgan fingerprint density at radius 2 is 1.50 bits per heavy atom. The number of carboxylic acids is 1. The second kappa shape index (κ2) is 7.12. The SMILES string of the molecule is CC1(C)CC[C@]2(C(=O)O)CC[C@]3(C)C(=CC[C@@H]4[C@@]5(C)CC[C@H](O)C(C)(C)[C@H]5CC[C@]43C)[C@@H]2[C@H]1O. The first-order valence-electron chi connectivity index (χ1n) is 13.9. The lowest BCUT2D eigenvalue weighted by molar-refractivity contribution is -0.212. The van der Waals surface area contributed by atoms with Crippen molar-refractivity contribution in [2.75, 3.05) is 0 Å². The molecule has 4 heteroatoms. The fraction of sp³-hybridized carbons (Fsp3) is 0.900. The number of carboxylic acid groups (broad SMARTS) is 1. The van der Waals surface area contributed by atoms with Crippen LogP contribution in [0.15, 0.2) is 11.6 Å². The molecule has 0 aliphatic heterocycles. The number of fused-ring (bicyclic) bond motifs is 7. The van der Waals surface area contributed by atoms with Crippen LogP contribution in [0, 0.1) is 50.2 Å². The third-order valence-corrected chi connectivity index (χ3v) is 13.3. The predicted octanol–water partition coefficient (Wildman–Crippen LogP) is 6.20. The summed E-state index contributed by atoms with van der Waals surface area (Å²) < 4.78 is 0. The Labute approximate surface area is 206 Å². The van der Waals surface area contributed by atoms with Crippen LogP contribution in [-0.4, -0.2) is 33.5 Å². The van der Waals surface area contributed by atoms with Crippen LogP contribution in [0.3, 0.4) is 0 Å². The molecule has 4 saturated carbocycles. The second-order valence-electron chi connectivity index (χ2n) is 15.0. The molecule has 9 atom stereocenters. The van der Waals surface area contributed by atoms with E-state index in [-0.39, 0.29) is 39.1 Å². The van der Waals surface area contributed by atoms with Gasteiger partial charge in [0.1, 0.15) is 0 Å². The highest BCUT2D eigenvalue weighted by atomic mass is 16.4. The number of rotatable bonds is 1. The van der Waals surface area contributed by atoms with Gasteiger partial charge in [0.15, 0.2) is 0 Å². The highest BCUT2D eigenvalue weighted by Crippen LogP contribution is 2.75. The summed E-state index contributed by atoms with van der Waals surface area (Å²) in [4.78, 5) is 12.8. The zero-order chi connectivity index (χ0) is 25.1. The lowest BCUT2D eigenvalue weighted by atomic mass is 9.33. The molecule has 0 saturated heterocycles. The molecule has 0 radical (unpaired) electrons. The van der Waals surface area contributed by atoms with Gasteiger partial charge in [-0.15, -0.1) is 0 Å². The summed E-state index contributed by atoms with van der Waals surface area (Å²) in [5.41, 5.74) is 0.238. The molecule has 34 heavy (non-hydrogen) atoms. The molecule has 0 amide bonds. The Morgan fingerprint density at radius 1 is 0.853 bits per heavy atom. The molecule has 0 heterocycles. The molecule has 5 aliphatic carbocycles.